The topological polar surface area (TPSA) is 75.7 Å². The molecule has 45 heavy (non-hydrogen) atoms. The minimum atomic E-state index is -6.68. The van der Waals surface area contributed by atoms with Crippen LogP contribution >= 0.6 is 22.6 Å². The summed E-state index contributed by atoms with van der Waals surface area (Å²) in [6, 6.07) is 11.6. The number of hydrogen-bond acceptors (Lipinski definition) is 4. The molecular formula is C28H19F10IN2O4. The summed E-state index contributed by atoms with van der Waals surface area (Å²) >= 11 is 0.941. The first-order valence-electron chi connectivity index (χ1n) is 12.3. The normalized spacial score (nSPS) is 12.4. The number of benzene rings is 3. The lowest BCUT2D eigenvalue weighted by molar-refractivity contribution is -0.348. The smallest absolute Gasteiger partial charge is 0.435 e. The van der Waals surface area contributed by atoms with Gasteiger partial charge in [-0.05, 0) is 65.1 Å². The molecule has 3 aromatic rings. The van der Waals surface area contributed by atoms with Crippen LogP contribution in [0, 0.1) is 3.57 Å². The molecule has 0 saturated carbocycles. The number of ether oxygens (including phenoxy) is 1. The molecule has 0 aliphatic rings. The van der Waals surface area contributed by atoms with Crippen LogP contribution in [-0.2, 0) is 21.4 Å². The van der Waals surface area contributed by atoms with Gasteiger partial charge in [0, 0.05) is 32.5 Å². The maximum Gasteiger partial charge on any atom is 0.435 e. The van der Waals surface area contributed by atoms with E-state index in [1.54, 1.807) is 18.2 Å². The second kappa shape index (κ2) is 13.2. The second-order valence-electron chi connectivity index (χ2n) is 9.19. The molecule has 0 bridgehead atoms. The van der Waals surface area contributed by atoms with Crippen molar-refractivity contribution in [1.29, 1.82) is 0 Å². The molecule has 17 heteroatoms. The highest BCUT2D eigenvalue weighted by Gasteiger charge is 2.73. The molecule has 0 radical (unpaired) electrons. The van der Waals surface area contributed by atoms with Gasteiger partial charge < -0.3 is 15.0 Å². The van der Waals surface area contributed by atoms with Gasteiger partial charge in [0.15, 0.2) is 0 Å². The number of nitrogens with one attached hydrogen (secondary N) is 1. The Labute approximate surface area is 261 Å². The first-order valence-corrected chi connectivity index (χ1v) is 13.4. The zero-order valence-corrected chi connectivity index (χ0v) is 24.7. The van der Waals surface area contributed by atoms with Crippen molar-refractivity contribution < 1.29 is 63.0 Å². The largest absolute Gasteiger partial charge is 0.469 e. The van der Waals surface area contributed by atoms with Crippen LogP contribution in [0.3, 0.4) is 0 Å². The van der Waals surface area contributed by atoms with E-state index in [1.165, 1.54) is 24.3 Å². The summed E-state index contributed by atoms with van der Waals surface area (Å²) in [5.41, 5.74) is -12.2. The first kappa shape index (κ1) is 35.6. The number of alkyl halides is 10. The van der Waals surface area contributed by atoms with Gasteiger partial charge in [0.05, 0.1) is 24.8 Å². The Morgan fingerprint density at radius 2 is 1.38 bits per heavy atom. The molecule has 0 atom stereocenters. The predicted molar refractivity (Wildman–Crippen MR) is 148 cm³/mol. The molecular weight excluding hydrogens is 745 g/mol. The maximum atomic E-state index is 14.6. The summed E-state index contributed by atoms with van der Waals surface area (Å²) in [5, 5.41) is 1.82. The second-order valence-corrected chi connectivity index (χ2v) is 10.3. The summed E-state index contributed by atoms with van der Waals surface area (Å²) in [6.45, 7) is -0.257. The Hall–Kier alpha value is -3.90. The van der Waals surface area contributed by atoms with E-state index in [4.69, 9.17) is 0 Å². The lowest BCUT2D eigenvalue weighted by Gasteiger charge is -2.31. The number of nitrogens with zero attached hydrogens (tertiary/aromatic N) is 1. The lowest BCUT2D eigenvalue weighted by atomic mass is 9.92. The van der Waals surface area contributed by atoms with E-state index in [0.29, 0.717) is 0 Å². The fourth-order valence-corrected chi connectivity index (χ4v) is 4.80. The lowest BCUT2D eigenvalue weighted by Crippen LogP contribution is -2.50. The Morgan fingerprint density at radius 3 is 1.91 bits per heavy atom. The Bertz CT molecular complexity index is 1560. The van der Waals surface area contributed by atoms with Crippen LogP contribution in [0.5, 0.6) is 0 Å². The number of rotatable bonds is 8. The standard InChI is InChI=1S/C28H19F10IN2O4/c1-45-21(42)10-11-41(24(44)15-6-3-2-4-7-15)18-9-5-8-16(12-18)23(43)40-22-19(26(30,31)32)13-17(14-20(22)39)25(29,27(33,34)35)28(36,37)38/h2-9,12-14H,10-11H2,1H3,(H,40,43). The van der Waals surface area contributed by atoms with Crippen LogP contribution in [0.1, 0.15) is 38.3 Å². The third kappa shape index (κ3) is 7.67. The van der Waals surface area contributed by atoms with Crippen molar-refractivity contribution in [3.05, 3.63) is 92.6 Å². The Balaban J connectivity index is 2.07. The molecule has 0 heterocycles. The SMILES string of the molecule is COC(=O)CCN(C(=O)c1ccccc1)c1cccc(C(=O)Nc2c(I)cc(C(F)(C(F)(F)F)C(F)(F)F)cc2C(F)(F)F)c1. The van der Waals surface area contributed by atoms with Crippen LogP contribution in [0.4, 0.5) is 55.3 Å². The van der Waals surface area contributed by atoms with Gasteiger partial charge in [-0.3, -0.25) is 14.4 Å². The van der Waals surface area contributed by atoms with Crippen molar-refractivity contribution in [3.8, 4) is 0 Å². The molecule has 0 unspecified atom stereocenters. The minimum absolute atomic E-state index is 0.000867. The molecule has 0 aromatic heterocycles. The van der Waals surface area contributed by atoms with Gasteiger partial charge >= 0.3 is 30.2 Å². The number of methoxy groups -OCH3 is 1. The number of halogens is 11. The van der Waals surface area contributed by atoms with E-state index in [9.17, 15) is 58.3 Å². The molecule has 3 rings (SSSR count). The molecule has 0 aliphatic heterocycles. The van der Waals surface area contributed by atoms with Gasteiger partial charge in [-0.25, -0.2) is 4.39 Å². The van der Waals surface area contributed by atoms with E-state index >= 15 is 0 Å². The fraction of sp³-hybridized carbons (Fsp3) is 0.250. The molecule has 242 valence electrons. The molecule has 6 nitrogen and oxygen atoms in total. The van der Waals surface area contributed by atoms with Crippen molar-refractivity contribution in [2.75, 3.05) is 23.9 Å². The Kier molecular flexibility index (Phi) is 10.5. The highest BCUT2D eigenvalue weighted by molar-refractivity contribution is 14.1. The van der Waals surface area contributed by atoms with Crippen molar-refractivity contribution >= 4 is 51.7 Å². The van der Waals surface area contributed by atoms with Crippen LogP contribution in [0.25, 0.3) is 0 Å². The van der Waals surface area contributed by atoms with Gasteiger partial charge in [0.2, 0.25) is 0 Å². The highest BCUT2D eigenvalue weighted by Crippen LogP contribution is 2.54. The zero-order chi connectivity index (χ0) is 34.0. The molecule has 2 amide bonds. The molecule has 0 fully saturated rings. The number of esters is 1. The van der Waals surface area contributed by atoms with E-state index < -0.39 is 74.0 Å². The first-order chi connectivity index (χ1) is 20.7. The van der Waals surface area contributed by atoms with E-state index in [0.717, 1.165) is 46.7 Å². The molecule has 0 aliphatic carbocycles. The number of amides is 2. The van der Waals surface area contributed by atoms with Crippen LogP contribution in [-0.4, -0.2) is 43.8 Å². The van der Waals surface area contributed by atoms with Gasteiger partial charge in [0.25, 0.3) is 11.8 Å². The monoisotopic (exact) mass is 764 g/mol. The summed E-state index contributed by atoms with van der Waals surface area (Å²) < 4.78 is 140. The number of hydrogen-bond donors (Lipinski definition) is 1. The van der Waals surface area contributed by atoms with Gasteiger partial charge in [-0.15, -0.1) is 0 Å². The van der Waals surface area contributed by atoms with E-state index in [1.807, 2.05) is 5.32 Å². The van der Waals surface area contributed by atoms with Crippen LogP contribution in [0.15, 0.2) is 66.7 Å². The quantitative estimate of drug-likeness (QED) is 0.143. The van der Waals surface area contributed by atoms with Crippen molar-refractivity contribution in [2.24, 2.45) is 0 Å². The highest BCUT2D eigenvalue weighted by atomic mass is 127. The summed E-state index contributed by atoms with van der Waals surface area (Å²) in [6.07, 6.45) is -19.3. The molecule has 0 spiro atoms. The zero-order valence-electron chi connectivity index (χ0n) is 22.5. The summed E-state index contributed by atoms with van der Waals surface area (Å²) in [5.74, 6) is -2.64. The maximum absolute atomic E-state index is 14.6. The molecule has 1 N–H and O–H groups in total. The van der Waals surface area contributed by atoms with E-state index in [-0.39, 0.29) is 30.3 Å². The molecule has 3 aromatic carbocycles. The molecule has 0 saturated heterocycles. The van der Waals surface area contributed by atoms with Gasteiger partial charge in [-0.2, -0.15) is 39.5 Å². The van der Waals surface area contributed by atoms with Crippen LogP contribution < -0.4 is 10.2 Å². The average molecular weight is 764 g/mol. The fourth-order valence-electron chi connectivity index (χ4n) is 4.03. The van der Waals surface area contributed by atoms with Crippen molar-refractivity contribution in [3.63, 3.8) is 0 Å². The summed E-state index contributed by atoms with van der Waals surface area (Å²) in [7, 11) is 1.11. The van der Waals surface area contributed by atoms with Gasteiger partial charge in [-0.1, -0.05) is 24.3 Å². The minimum Gasteiger partial charge on any atom is -0.469 e. The summed E-state index contributed by atoms with van der Waals surface area (Å²) in [4.78, 5) is 39.1. The third-order valence-electron chi connectivity index (χ3n) is 6.27. The third-order valence-corrected chi connectivity index (χ3v) is 7.12. The number of carbonyl (C=O) groups excluding carboxylic acids is 3. The van der Waals surface area contributed by atoms with E-state index in [2.05, 4.69) is 4.74 Å². The van der Waals surface area contributed by atoms with Gasteiger partial charge in [0.1, 0.15) is 0 Å². The number of anilines is 2. The Morgan fingerprint density at radius 1 is 0.800 bits per heavy atom. The number of carbonyl (C=O) groups is 3. The average Bonchev–Trinajstić information content (AvgIpc) is 2.96. The van der Waals surface area contributed by atoms with Crippen molar-refractivity contribution in [1.82, 2.24) is 0 Å². The van der Waals surface area contributed by atoms with Crippen LogP contribution in [0.2, 0.25) is 0 Å². The predicted octanol–water partition coefficient (Wildman–Crippen LogP) is 8.06. The van der Waals surface area contributed by atoms with Crippen molar-refractivity contribution in [2.45, 2.75) is 30.6 Å².